The number of carboxylic acid groups (broad SMARTS) is 1. The summed E-state index contributed by atoms with van der Waals surface area (Å²) >= 11 is 0. The molecule has 1 aromatic rings. The summed E-state index contributed by atoms with van der Waals surface area (Å²) in [5, 5.41) is 12.0. The van der Waals surface area contributed by atoms with Gasteiger partial charge in [0, 0.05) is 17.9 Å². The molecule has 4 nitrogen and oxygen atoms in total. The molecule has 0 heterocycles. The highest BCUT2D eigenvalue weighted by Crippen LogP contribution is 2.65. The highest BCUT2D eigenvalue weighted by atomic mass is 19.4. The van der Waals surface area contributed by atoms with Crippen LogP contribution in [-0.2, 0) is 21.2 Å². The fourth-order valence-electron chi connectivity index (χ4n) is 4.49. The second-order valence-electron chi connectivity index (χ2n) is 8.16. The van der Waals surface area contributed by atoms with Crippen LogP contribution in [0.5, 0.6) is 0 Å². The summed E-state index contributed by atoms with van der Waals surface area (Å²) in [6.45, 7) is 0. The molecule has 140 valence electrons. The molecule has 3 fully saturated rings. The molecule has 1 aromatic carbocycles. The molecule has 0 saturated heterocycles. The fourth-order valence-corrected chi connectivity index (χ4v) is 4.49. The van der Waals surface area contributed by atoms with E-state index in [0.29, 0.717) is 19.3 Å². The molecule has 7 heteroatoms. The molecule has 0 radical (unpaired) electrons. The lowest BCUT2D eigenvalue weighted by atomic mass is 9.75. The number of carbonyl (C=O) groups is 2. The minimum Gasteiger partial charge on any atom is -0.481 e. The lowest BCUT2D eigenvalue weighted by molar-refractivity contribution is -0.140. The number of carbonyl (C=O) groups excluding carboxylic acids is 1. The topological polar surface area (TPSA) is 66.4 Å². The van der Waals surface area contributed by atoms with Crippen molar-refractivity contribution in [1.82, 2.24) is 5.32 Å². The van der Waals surface area contributed by atoms with Gasteiger partial charge in [-0.3, -0.25) is 9.59 Å². The van der Waals surface area contributed by atoms with Crippen molar-refractivity contribution < 1.29 is 27.9 Å². The number of alkyl halides is 3. The Bertz CT molecular complexity index is 746. The Kier molecular flexibility index (Phi) is 3.66. The Labute approximate surface area is 148 Å². The van der Waals surface area contributed by atoms with E-state index in [-0.39, 0.29) is 35.1 Å². The molecule has 0 aliphatic heterocycles. The van der Waals surface area contributed by atoms with Gasteiger partial charge in [0.1, 0.15) is 0 Å². The van der Waals surface area contributed by atoms with Crippen LogP contribution < -0.4 is 5.32 Å². The number of aliphatic carboxylic acids is 1. The van der Waals surface area contributed by atoms with Gasteiger partial charge in [0.05, 0.1) is 11.5 Å². The zero-order chi connectivity index (χ0) is 18.7. The number of halogens is 3. The van der Waals surface area contributed by atoms with Gasteiger partial charge < -0.3 is 10.4 Å². The molecule has 1 spiro atoms. The van der Waals surface area contributed by atoms with Gasteiger partial charge in [-0.05, 0) is 55.2 Å². The summed E-state index contributed by atoms with van der Waals surface area (Å²) in [6, 6.07) is 5.12. The van der Waals surface area contributed by atoms with Crippen molar-refractivity contribution >= 4 is 11.9 Å². The maximum absolute atomic E-state index is 12.7. The van der Waals surface area contributed by atoms with Crippen molar-refractivity contribution in [2.45, 2.75) is 56.2 Å². The summed E-state index contributed by atoms with van der Waals surface area (Å²) in [6.07, 6.45) is -0.382. The van der Waals surface area contributed by atoms with Crippen LogP contribution in [0.1, 0.15) is 49.7 Å². The van der Waals surface area contributed by atoms with E-state index < -0.39 is 17.7 Å². The van der Waals surface area contributed by atoms with Gasteiger partial charge in [0.25, 0.3) is 0 Å². The summed E-state index contributed by atoms with van der Waals surface area (Å²) in [4.78, 5) is 23.3. The highest BCUT2D eigenvalue weighted by molar-refractivity contribution is 5.79. The van der Waals surface area contributed by atoms with E-state index in [0.717, 1.165) is 30.5 Å². The number of hydrogen-bond donors (Lipinski definition) is 2. The molecular weight excluding hydrogens is 347 g/mol. The molecule has 3 aliphatic rings. The van der Waals surface area contributed by atoms with Crippen molar-refractivity contribution in [3.8, 4) is 0 Å². The minimum absolute atomic E-state index is 0.0234. The molecule has 0 unspecified atom stereocenters. The lowest BCUT2D eigenvalue weighted by Gasteiger charge is -2.37. The van der Waals surface area contributed by atoms with E-state index in [9.17, 15) is 22.8 Å². The third-order valence-corrected chi connectivity index (χ3v) is 6.34. The first-order valence-electron chi connectivity index (χ1n) is 8.84. The van der Waals surface area contributed by atoms with Crippen molar-refractivity contribution in [3.05, 3.63) is 35.4 Å². The predicted molar refractivity (Wildman–Crippen MR) is 86.3 cm³/mol. The van der Waals surface area contributed by atoms with Crippen molar-refractivity contribution in [3.63, 3.8) is 0 Å². The first-order chi connectivity index (χ1) is 12.1. The maximum Gasteiger partial charge on any atom is 0.416 e. The smallest absolute Gasteiger partial charge is 0.416 e. The highest BCUT2D eigenvalue weighted by Gasteiger charge is 2.65. The first-order valence-corrected chi connectivity index (χ1v) is 8.84. The van der Waals surface area contributed by atoms with Gasteiger partial charge in [-0.25, -0.2) is 0 Å². The predicted octanol–water partition coefficient (Wildman–Crippen LogP) is 3.50. The second-order valence-corrected chi connectivity index (χ2v) is 8.16. The molecule has 2 N–H and O–H groups in total. The summed E-state index contributed by atoms with van der Waals surface area (Å²) in [5.41, 5.74) is -0.356. The molecule has 3 aliphatic carbocycles. The quantitative estimate of drug-likeness (QED) is 0.837. The Hall–Kier alpha value is -2.05. The Morgan fingerprint density at radius 3 is 2.19 bits per heavy atom. The van der Waals surface area contributed by atoms with E-state index >= 15 is 0 Å². The van der Waals surface area contributed by atoms with E-state index in [2.05, 4.69) is 5.32 Å². The molecule has 26 heavy (non-hydrogen) atoms. The third-order valence-electron chi connectivity index (χ3n) is 6.34. The molecule has 0 bridgehead atoms. The largest absolute Gasteiger partial charge is 0.481 e. The monoisotopic (exact) mass is 367 g/mol. The zero-order valence-corrected chi connectivity index (χ0v) is 14.1. The number of amides is 1. The minimum atomic E-state index is -4.36. The number of rotatable bonds is 5. The van der Waals surface area contributed by atoms with Crippen molar-refractivity contribution in [1.29, 1.82) is 0 Å². The average molecular weight is 367 g/mol. The third kappa shape index (κ3) is 2.97. The Morgan fingerprint density at radius 2 is 1.73 bits per heavy atom. The lowest BCUT2D eigenvalue weighted by Crippen LogP contribution is -2.47. The van der Waals surface area contributed by atoms with Gasteiger partial charge in [-0.15, -0.1) is 0 Å². The summed E-state index contributed by atoms with van der Waals surface area (Å²) < 4.78 is 38.0. The second kappa shape index (κ2) is 5.47. The fraction of sp³-hybridized carbons (Fsp3) is 0.579. The van der Waals surface area contributed by atoms with Gasteiger partial charge in [0.15, 0.2) is 0 Å². The van der Waals surface area contributed by atoms with Gasteiger partial charge in [-0.1, -0.05) is 12.1 Å². The van der Waals surface area contributed by atoms with E-state index in [1.807, 2.05) is 0 Å². The standard InChI is InChI=1S/C19H20F3NO3/c20-19(21,22)12-3-1-11(2-4-12)17(5-6-17)10-15(24)23-13-7-18(8-13)9-14(18)16(25)26/h1-4,13-14H,5-10H2,(H,23,24)(H,25,26)/t13?,14-,18?/m0/s1. The van der Waals surface area contributed by atoms with Crippen LogP contribution in [-0.4, -0.2) is 23.0 Å². The van der Waals surface area contributed by atoms with Gasteiger partial charge >= 0.3 is 12.1 Å². The van der Waals surface area contributed by atoms with Crippen LogP contribution >= 0.6 is 0 Å². The van der Waals surface area contributed by atoms with E-state index in [1.54, 1.807) is 0 Å². The Morgan fingerprint density at radius 1 is 1.12 bits per heavy atom. The van der Waals surface area contributed by atoms with Gasteiger partial charge in [-0.2, -0.15) is 13.2 Å². The van der Waals surface area contributed by atoms with Crippen molar-refractivity contribution in [2.24, 2.45) is 11.3 Å². The number of benzene rings is 1. The van der Waals surface area contributed by atoms with Crippen LogP contribution in [0.25, 0.3) is 0 Å². The zero-order valence-electron chi connectivity index (χ0n) is 14.1. The van der Waals surface area contributed by atoms with Crippen LogP contribution in [0, 0.1) is 11.3 Å². The molecule has 4 rings (SSSR count). The van der Waals surface area contributed by atoms with Crippen LogP contribution in [0.15, 0.2) is 24.3 Å². The average Bonchev–Trinajstić information content (AvgIpc) is 3.41. The number of hydrogen-bond acceptors (Lipinski definition) is 2. The van der Waals surface area contributed by atoms with Crippen molar-refractivity contribution in [2.75, 3.05) is 0 Å². The molecular formula is C19H20F3NO3. The van der Waals surface area contributed by atoms with Gasteiger partial charge in [0.2, 0.25) is 5.91 Å². The SMILES string of the molecule is O=C(CC1(c2ccc(C(F)(F)F)cc2)CC1)NC1CC2(C1)C[C@H]2C(=O)O. The molecule has 1 atom stereocenters. The van der Waals surface area contributed by atoms with E-state index in [4.69, 9.17) is 5.11 Å². The normalized spacial score (nSPS) is 31.2. The summed E-state index contributed by atoms with van der Waals surface area (Å²) in [5.74, 6) is -1.12. The summed E-state index contributed by atoms with van der Waals surface area (Å²) in [7, 11) is 0. The maximum atomic E-state index is 12.7. The van der Waals surface area contributed by atoms with Crippen LogP contribution in [0.2, 0.25) is 0 Å². The number of nitrogens with one attached hydrogen (secondary N) is 1. The molecule has 1 amide bonds. The number of carboxylic acids is 1. The molecule has 0 aromatic heterocycles. The Balaban J connectivity index is 1.31. The molecule has 3 saturated carbocycles. The first kappa shape index (κ1) is 17.4. The van der Waals surface area contributed by atoms with E-state index in [1.165, 1.54) is 12.1 Å². The van der Waals surface area contributed by atoms with Crippen LogP contribution in [0.3, 0.4) is 0 Å². The van der Waals surface area contributed by atoms with Crippen LogP contribution in [0.4, 0.5) is 13.2 Å².